The molecule has 2 aliphatic heterocycles. The lowest BCUT2D eigenvalue weighted by Crippen LogP contribution is -2.38. The van der Waals surface area contributed by atoms with E-state index in [9.17, 15) is 9.59 Å². The number of hydrogen-bond acceptors (Lipinski definition) is 4. The highest BCUT2D eigenvalue weighted by atomic mass is 16.6. The summed E-state index contributed by atoms with van der Waals surface area (Å²) in [4.78, 5) is 26.5. The van der Waals surface area contributed by atoms with E-state index in [1.807, 2.05) is 18.2 Å². The van der Waals surface area contributed by atoms with Crippen LogP contribution in [0.4, 0.5) is 5.69 Å². The second-order valence-electron chi connectivity index (χ2n) is 6.72. The van der Waals surface area contributed by atoms with Gasteiger partial charge in [-0.2, -0.15) is 0 Å². The van der Waals surface area contributed by atoms with E-state index < -0.39 is 0 Å². The molecule has 1 atom stereocenters. The topological polar surface area (TPSA) is 67.9 Å². The molecular weight excluding hydrogens is 308 g/mol. The van der Waals surface area contributed by atoms with Crippen LogP contribution in [0.2, 0.25) is 0 Å². The third-order valence-electron chi connectivity index (χ3n) is 5.03. The van der Waals surface area contributed by atoms with Crippen LogP contribution >= 0.6 is 0 Å². The summed E-state index contributed by atoms with van der Waals surface area (Å²) in [6.45, 7) is 1.48. The van der Waals surface area contributed by atoms with Crippen molar-refractivity contribution in [2.75, 3.05) is 24.7 Å². The summed E-state index contributed by atoms with van der Waals surface area (Å²) in [5.74, 6) is 1.08. The average molecular weight is 330 g/mol. The van der Waals surface area contributed by atoms with E-state index in [2.05, 4.69) is 5.32 Å². The molecule has 1 aromatic carbocycles. The normalized spacial score (nSPS) is 23.6. The zero-order valence-electron chi connectivity index (χ0n) is 13.6. The number of anilines is 1. The van der Waals surface area contributed by atoms with Crippen LogP contribution in [0, 0.1) is 5.92 Å². The van der Waals surface area contributed by atoms with Crippen molar-refractivity contribution >= 4 is 17.5 Å². The number of hydrogen-bond donors (Lipinski definition) is 1. The second kappa shape index (κ2) is 6.34. The summed E-state index contributed by atoms with van der Waals surface area (Å²) in [6.07, 6.45) is 4.74. The van der Waals surface area contributed by atoms with Gasteiger partial charge in [0.2, 0.25) is 11.8 Å². The number of fused-ring (bicyclic) bond motifs is 1. The average Bonchev–Trinajstić information content (AvgIpc) is 3.24. The summed E-state index contributed by atoms with van der Waals surface area (Å²) in [5, 5.41) is 3.10. The van der Waals surface area contributed by atoms with Gasteiger partial charge in [-0.05, 0) is 25.0 Å². The Bertz CT molecular complexity index is 654. The summed E-state index contributed by atoms with van der Waals surface area (Å²) in [7, 11) is 0. The van der Waals surface area contributed by atoms with Crippen molar-refractivity contribution in [3.05, 3.63) is 18.2 Å². The Labute approximate surface area is 141 Å². The smallest absolute Gasteiger partial charge is 0.227 e. The molecule has 24 heavy (non-hydrogen) atoms. The largest absolute Gasteiger partial charge is 0.486 e. The fourth-order valence-electron chi connectivity index (χ4n) is 3.72. The molecule has 1 aromatic rings. The first-order valence-electron chi connectivity index (χ1n) is 8.71. The van der Waals surface area contributed by atoms with E-state index in [1.165, 1.54) is 12.8 Å². The van der Waals surface area contributed by atoms with E-state index in [0.717, 1.165) is 18.5 Å². The van der Waals surface area contributed by atoms with Crippen molar-refractivity contribution in [3.63, 3.8) is 0 Å². The number of carbonyl (C=O) groups is 2. The molecule has 0 spiro atoms. The number of benzene rings is 1. The highest BCUT2D eigenvalue weighted by Gasteiger charge is 2.36. The minimum Gasteiger partial charge on any atom is -0.486 e. The number of nitrogens with one attached hydrogen (secondary N) is 1. The lowest BCUT2D eigenvalue weighted by molar-refractivity contribution is -0.126. The quantitative estimate of drug-likeness (QED) is 0.919. The highest BCUT2D eigenvalue weighted by Crippen LogP contribution is 2.36. The standard InChI is InChI=1S/C18H22N2O4/c21-17-9-12(18(22)19-13-3-1-2-4-13)11-20(17)14-5-6-15-16(10-14)24-8-7-23-15/h5-6,10,12-13H,1-4,7-9,11H2,(H,19,22). The number of nitrogens with zero attached hydrogens (tertiary/aromatic N) is 1. The van der Waals surface area contributed by atoms with Crippen LogP contribution in [0.25, 0.3) is 0 Å². The number of carbonyl (C=O) groups excluding carboxylic acids is 2. The minimum absolute atomic E-state index is 0.00953. The van der Waals surface area contributed by atoms with Crippen LogP contribution < -0.4 is 19.7 Å². The van der Waals surface area contributed by atoms with Crippen molar-refractivity contribution in [3.8, 4) is 11.5 Å². The highest BCUT2D eigenvalue weighted by molar-refractivity contribution is 6.00. The van der Waals surface area contributed by atoms with E-state index in [0.29, 0.717) is 31.3 Å². The number of amides is 2. The molecule has 6 heteroatoms. The van der Waals surface area contributed by atoms with E-state index in [-0.39, 0.29) is 30.2 Å². The van der Waals surface area contributed by atoms with Crippen molar-refractivity contribution < 1.29 is 19.1 Å². The lowest BCUT2D eigenvalue weighted by Gasteiger charge is -2.22. The Kier molecular flexibility index (Phi) is 4.04. The molecular formula is C18H22N2O4. The van der Waals surface area contributed by atoms with Gasteiger partial charge in [0.25, 0.3) is 0 Å². The van der Waals surface area contributed by atoms with E-state index in [4.69, 9.17) is 9.47 Å². The number of rotatable bonds is 3. The van der Waals surface area contributed by atoms with Crippen LogP contribution in [-0.4, -0.2) is 37.6 Å². The molecule has 0 bridgehead atoms. The van der Waals surface area contributed by atoms with Gasteiger partial charge in [-0.3, -0.25) is 9.59 Å². The first-order chi connectivity index (χ1) is 11.7. The van der Waals surface area contributed by atoms with E-state index in [1.54, 1.807) is 4.90 Å². The molecule has 128 valence electrons. The molecule has 2 amide bonds. The Balaban J connectivity index is 1.44. The summed E-state index contributed by atoms with van der Waals surface area (Å²) < 4.78 is 11.1. The molecule has 1 saturated carbocycles. The molecule has 0 aromatic heterocycles. The molecule has 1 aliphatic carbocycles. The third kappa shape index (κ3) is 2.92. The number of ether oxygens (including phenoxy) is 2. The van der Waals surface area contributed by atoms with Gasteiger partial charge in [0, 0.05) is 30.8 Å². The van der Waals surface area contributed by atoms with Gasteiger partial charge in [-0.25, -0.2) is 0 Å². The monoisotopic (exact) mass is 330 g/mol. The molecule has 4 rings (SSSR count). The SMILES string of the molecule is O=C(NC1CCCC1)C1CC(=O)N(c2ccc3c(c2)OCCO3)C1. The van der Waals surface area contributed by atoms with Gasteiger partial charge in [0.1, 0.15) is 13.2 Å². The molecule has 1 N–H and O–H groups in total. The third-order valence-corrected chi connectivity index (χ3v) is 5.03. The van der Waals surface area contributed by atoms with Crippen LogP contribution in [0.3, 0.4) is 0 Å². The van der Waals surface area contributed by atoms with Gasteiger partial charge < -0.3 is 19.7 Å². The van der Waals surface area contributed by atoms with Gasteiger partial charge in [-0.1, -0.05) is 12.8 Å². The molecule has 2 fully saturated rings. The van der Waals surface area contributed by atoms with Gasteiger partial charge in [-0.15, -0.1) is 0 Å². The Hall–Kier alpha value is -2.24. The van der Waals surface area contributed by atoms with Crippen molar-refractivity contribution in [1.29, 1.82) is 0 Å². The molecule has 2 heterocycles. The molecule has 3 aliphatic rings. The Morgan fingerprint density at radius 2 is 1.88 bits per heavy atom. The first-order valence-corrected chi connectivity index (χ1v) is 8.71. The van der Waals surface area contributed by atoms with Crippen LogP contribution in [0.1, 0.15) is 32.1 Å². The second-order valence-corrected chi connectivity index (χ2v) is 6.72. The van der Waals surface area contributed by atoms with Gasteiger partial charge in [0.15, 0.2) is 11.5 Å². The summed E-state index contributed by atoms with van der Waals surface area (Å²) in [5.41, 5.74) is 0.764. The van der Waals surface area contributed by atoms with Crippen molar-refractivity contribution in [1.82, 2.24) is 5.32 Å². The van der Waals surface area contributed by atoms with Crippen molar-refractivity contribution in [2.45, 2.75) is 38.1 Å². The summed E-state index contributed by atoms with van der Waals surface area (Å²) >= 11 is 0. The molecule has 1 saturated heterocycles. The summed E-state index contributed by atoms with van der Waals surface area (Å²) in [6, 6.07) is 5.78. The Morgan fingerprint density at radius 1 is 1.12 bits per heavy atom. The Morgan fingerprint density at radius 3 is 2.67 bits per heavy atom. The molecule has 6 nitrogen and oxygen atoms in total. The minimum atomic E-state index is -0.272. The van der Waals surface area contributed by atoms with Gasteiger partial charge in [0.05, 0.1) is 5.92 Å². The van der Waals surface area contributed by atoms with Gasteiger partial charge >= 0.3 is 0 Å². The fourth-order valence-corrected chi connectivity index (χ4v) is 3.72. The van der Waals surface area contributed by atoms with Crippen LogP contribution in [0.15, 0.2) is 18.2 Å². The predicted octanol–water partition coefficient (Wildman–Crippen LogP) is 1.87. The lowest BCUT2D eigenvalue weighted by atomic mass is 10.1. The van der Waals surface area contributed by atoms with Crippen LogP contribution in [0.5, 0.6) is 11.5 Å². The zero-order valence-corrected chi connectivity index (χ0v) is 13.6. The maximum absolute atomic E-state index is 12.4. The molecule has 0 radical (unpaired) electrons. The van der Waals surface area contributed by atoms with Crippen molar-refractivity contribution in [2.24, 2.45) is 5.92 Å². The fraction of sp³-hybridized carbons (Fsp3) is 0.556. The molecule has 1 unspecified atom stereocenters. The maximum Gasteiger partial charge on any atom is 0.227 e. The predicted molar refractivity (Wildman–Crippen MR) is 88.3 cm³/mol. The zero-order chi connectivity index (χ0) is 16.5. The van der Waals surface area contributed by atoms with E-state index >= 15 is 0 Å². The maximum atomic E-state index is 12.4. The first kappa shape index (κ1) is 15.3. The van der Waals surface area contributed by atoms with Crippen LogP contribution in [-0.2, 0) is 9.59 Å².